The average molecular weight is 595 g/mol. The van der Waals surface area contributed by atoms with Crippen molar-refractivity contribution in [2.75, 3.05) is 13.2 Å². The van der Waals surface area contributed by atoms with Gasteiger partial charge < -0.3 is 15.9 Å². The van der Waals surface area contributed by atoms with Crippen molar-refractivity contribution in [3.8, 4) is 11.1 Å². The lowest BCUT2D eigenvalue weighted by atomic mass is 9.97. The van der Waals surface area contributed by atoms with Crippen molar-refractivity contribution < 1.29 is 39.9 Å². The van der Waals surface area contributed by atoms with E-state index < -0.39 is 53.2 Å². The molecule has 0 bridgehead atoms. The van der Waals surface area contributed by atoms with Crippen LogP contribution in [0.3, 0.4) is 0 Å². The molecule has 3 aromatic carbocycles. The monoisotopic (exact) mass is 594 g/mol. The molecule has 1 atom stereocenters. The Balaban J connectivity index is 1.76. The molecule has 3 aromatic rings. The second-order valence-corrected chi connectivity index (χ2v) is 9.17. The summed E-state index contributed by atoms with van der Waals surface area (Å²) >= 11 is 0. The predicted molar refractivity (Wildman–Crippen MR) is 145 cm³/mol. The van der Waals surface area contributed by atoms with E-state index in [4.69, 9.17) is 11.1 Å². The third-order valence-electron chi connectivity index (χ3n) is 6.29. The Morgan fingerprint density at radius 3 is 2.12 bits per heavy atom. The van der Waals surface area contributed by atoms with E-state index in [1.165, 1.54) is 30.5 Å². The zero-order valence-electron chi connectivity index (χ0n) is 22.1. The summed E-state index contributed by atoms with van der Waals surface area (Å²) in [5.74, 6) is -8.99. The Morgan fingerprint density at radius 1 is 0.929 bits per heavy atom. The fraction of sp³-hybridized carbons (Fsp3) is 0.194. The van der Waals surface area contributed by atoms with Gasteiger partial charge in [0.15, 0.2) is 17.5 Å². The highest BCUT2D eigenvalue weighted by molar-refractivity contribution is 5.75. The smallest absolute Gasteiger partial charge is 0.330 e. The molecule has 0 aliphatic carbocycles. The van der Waals surface area contributed by atoms with Crippen molar-refractivity contribution >= 4 is 11.8 Å². The lowest BCUT2D eigenvalue weighted by Gasteiger charge is -2.18. The minimum Gasteiger partial charge on any atom is -0.330 e. The third-order valence-corrected chi connectivity index (χ3v) is 6.29. The van der Waals surface area contributed by atoms with E-state index in [2.05, 4.69) is 11.3 Å². The van der Waals surface area contributed by atoms with Gasteiger partial charge >= 0.3 is 6.11 Å². The van der Waals surface area contributed by atoms with Crippen LogP contribution in [0.4, 0.5) is 35.1 Å². The quantitative estimate of drug-likeness (QED) is 0.0907. The van der Waals surface area contributed by atoms with E-state index in [0.29, 0.717) is 42.7 Å². The normalized spacial score (nSPS) is 13.0. The van der Waals surface area contributed by atoms with Gasteiger partial charge in [0.25, 0.3) is 0 Å². The SMILES string of the molecule is C=C/C=C(\C=C/COC(F)(F)c1c(F)cc(-c2ccc(CCC(C=N)CN)cc2F)cc1F)c1cc(F)c(F)c(F)c1. The number of nitrogens with two attached hydrogens (primary N) is 1. The van der Waals surface area contributed by atoms with Crippen LogP contribution in [-0.4, -0.2) is 19.4 Å². The van der Waals surface area contributed by atoms with Crippen LogP contribution in [0.15, 0.2) is 73.3 Å². The topological polar surface area (TPSA) is 59.1 Å². The molecule has 0 spiro atoms. The molecular weight excluding hydrogens is 568 g/mol. The molecule has 0 saturated heterocycles. The van der Waals surface area contributed by atoms with Gasteiger partial charge in [-0.3, -0.25) is 0 Å². The first-order valence-corrected chi connectivity index (χ1v) is 12.6. The van der Waals surface area contributed by atoms with E-state index in [0.717, 1.165) is 18.2 Å². The van der Waals surface area contributed by atoms with E-state index in [1.54, 1.807) is 0 Å². The predicted octanol–water partition coefficient (Wildman–Crippen LogP) is 8.24. The molecule has 0 aliphatic rings. The van der Waals surface area contributed by atoms with Crippen molar-refractivity contribution in [2.24, 2.45) is 11.7 Å². The summed E-state index contributed by atoms with van der Waals surface area (Å²) in [6, 6.07) is 6.44. The van der Waals surface area contributed by atoms with Gasteiger partial charge in [-0.1, -0.05) is 43.0 Å². The molecule has 3 rings (SSSR count). The zero-order chi connectivity index (χ0) is 31.0. The summed E-state index contributed by atoms with van der Waals surface area (Å²) in [5.41, 5.74) is 3.80. The lowest BCUT2D eigenvalue weighted by molar-refractivity contribution is -0.245. The van der Waals surface area contributed by atoms with Crippen LogP contribution in [0.25, 0.3) is 16.7 Å². The minimum absolute atomic E-state index is 0.0541. The standard InChI is InChI=1S/C31H26F8N2O/c1-2-4-20(21-12-27(35)30(37)28(36)13-21)5-3-10-42-31(38,39)29-25(33)14-22(15-26(29)34)23-9-8-18(11-24(23)32)6-7-19(16-40)17-41/h2-5,8-9,11-16,19,40H,1,6-7,10,17,41H2/b5-3-,20-4+,40-16?. The Labute approximate surface area is 237 Å². The maximum absolute atomic E-state index is 14.8. The number of nitrogens with one attached hydrogen (secondary N) is 1. The van der Waals surface area contributed by atoms with Crippen molar-refractivity contribution in [1.29, 1.82) is 5.41 Å². The molecule has 1 unspecified atom stereocenters. The van der Waals surface area contributed by atoms with Gasteiger partial charge in [-0.2, -0.15) is 8.78 Å². The Bertz CT molecular complexity index is 1470. The largest absolute Gasteiger partial charge is 0.389 e. The first-order valence-electron chi connectivity index (χ1n) is 12.6. The molecule has 0 saturated carbocycles. The number of allylic oxidation sites excluding steroid dienone is 4. The van der Waals surface area contributed by atoms with Gasteiger partial charge in [0.1, 0.15) is 23.0 Å². The number of benzene rings is 3. The summed E-state index contributed by atoms with van der Waals surface area (Å²) in [7, 11) is 0. The van der Waals surface area contributed by atoms with E-state index in [9.17, 15) is 35.1 Å². The summed E-state index contributed by atoms with van der Waals surface area (Å²) in [4.78, 5) is 0. The molecule has 0 fully saturated rings. The molecule has 0 aromatic heterocycles. The third kappa shape index (κ3) is 7.80. The summed E-state index contributed by atoms with van der Waals surface area (Å²) < 4.78 is 119. The summed E-state index contributed by atoms with van der Waals surface area (Å²) in [6.07, 6.45) is 2.24. The van der Waals surface area contributed by atoms with Crippen LogP contribution in [0.1, 0.15) is 23.1 Å². The van der Waals surface area contributed by atoms with Crippen LogP contribution in [-0.2, 0) is 17.3 Å². The molecule has 42 heavy (non-hydrogen) atoms. The molecule has 0 radical (unpaired) electrons. The minimum atomic E-state index is -4.45. The van der Waals surface area contributed by atoms with E-state index >= 15 is 0 Å². The molecule has 0 amide bonds. The van der Waals surface area contributed by atoms with E-state index in [1.807, 2.05) is 0 Å². The number of hydrogen-bond donors (Lipinski definition) is 2. The molecule has 222 valence electrons. The second kappa shape index (κ2) is 14.2. The molecule has 0 aliphatic heterocycles. The number of alkyl halides is 2. The van der Waals surface area contributed by atoms with Gasteiger partial charge in [0.2, 0.25) is 0 Å². The van der Waals surface area contributed by atoms with Crippen LogP contribution >= 0.6 is 0 Å². The van der Waals surface area contributed by atoms with Crippen LogP contribution < -0.4 is 5.73 Å². The van der Waals surface area contributed by atoms with Gasteiger partial charge in [0.05, 0.1) is 6.61 Å². The molecular formula is C31H26F8N2O. The fourth-order valence-corrected chi connectivity index (χ4v) is 4.07. The van der Waals surface area contributed by atoms with Crippen LogP contribution in [0.5, 0.6) is 0 Å². The maximum atomic E-state index is 14.8. The fourth-order valence-electron chi connectivity index (χ4n) is 4.07. The number of aryl methyl sites for hydroxylation is 1. The highest BCUT2D eigenvalue weighted by Gasteiger charge is 2.39. The number of halogens is 8. The van der Waals surface area contributed by atoms with Crippen molar-refractivity contribution in [2.45, 2.75) is 19.0 Å². The van der Waals surface area contributed by atoms with Crippen LogP contribution in [0.2, 0.25) is 0 Å². The highest BCUT2D eigenvalue weighted by atomic mass is 19.3. The Kier molecular flexibility index (Phi) is 11.0. The molecule has 11 heteroatoms. The number of rotatable bonds is 13. The summed E-state index contributed by atoms with van der Waals surface area (Å²) in [6.45, 7) is 2.79. The van der Waals surface area contributed by atoms with E-state index in [-0.39, 0.29) is 34.7 Å². The first-order chi connectivity index (χ1) is 19.9. The summed E-state index contributed by atoms with van der Waals surface area (Å²) in [5, 5.41) is 7.29. The van der Waals surface area contributed by atoms with Crippen molar-refractivity contribution in [3.63, 3.8) is 0 Å². The second-order valence-electron chi connectivity index (χ2n) is 9.17. The van der Waals surface area contributed by atoms with Crippen molar-refractivity contribution in [1.82, 2.24) is 0 Å². The Morgan fingerprint density at radius 2 is 1.57 bits per heavy atom. The molecule has 0 heterocycles. The first kappa shape index (κ1) is 32.4. The van der Waals surface area contributed by atoms with Gasteiger partial charge in [-0.05, 0) is 71.7 Å². The van der Waals surface area contributed by atoms with Crippen LogP contribution in [0, 0.1) is 46.2 Å². The Hall–Kier alpha value is -4.09. The molecule has 3 nitrogen and oxygen atoms in total. The molecule has 3 N–H and O–H groups in total. The van der Waals surface area contributed by atoms with Gasteiger partial charge in [-0.25, -0.2) is 26.3 Å². The van der Waals surface area contributed by atoms with Gasteiger partial charge in [0, 0.05) is 18.0 Å². The highest BCUT2D eigenvalue weighted by Crippen LogP contribution is 2.37. The zero-order valence-corrected chi connectivity index (χ0v) is 22.1. The van der Waals surface area contributed by atoms with Crippen molar-refractivity contribution in [3.05, 3.63) is 125 Å². The lowest BCUT2D eigenvalue weighted by Crippen LogP contribution is -2.22. The average Bonchev–Trinajstić information content (AvgIpc) is 2.93. The maximum Gasteiger partial charge on any atom is 0.389 e. The number of ether oxygens (including phenoxy) is 1. The van der Waals surface area contributed by atoms with Gasteiger partial charge in [-0.15, -0.1) is 0 Å². The number of hydrogen-bond acceptors (Lipinski definition) is 3.